The largest absolute Gasteiger partial charge is 0.337 e. The van der Waals surface area contributed by atoms with E-state index in [1.54, 1.807) is 11.3 Å². The number of aromatic nitrogens is 2. The Labute approximate surface area is 140 Å². The van der Waals surface area contributed by atoms with Crippen LogP contribution in [0.1, 0.15) is 30.8 Å². The molecule has 0 bridgehead atoms. The summed E-state index contributed by atoms with van der Waals surface area (Å²) in [6.07, 6.45) is 0.834. The monoisotopic (exact) mass is 340 g/mol. The molecule has 0 aromatic carbocycles. The van der Waals surface area contributed by atoms with Crippen molar-refractivity contribution >= 4 is 29.7 Å². The molecule has 1 aliphatic rings. The van der Waals surface area contributed by atoms with Gasteiger partial charge in [0.25, 0.3) is 5.91 Å². The minimum Gasteiger partial charge on any atom is -0.337 e. The fourth-order valence-electron chi connectivity index (χ4n) is 2.70. The van der Waals surface area contributed by atoms with Crippen LogP contribution in [-0.4, -0.2) is 40.1 Å². The zero-order valence-corrected chi connectivity index (χ0v) is 14.3. The van der Waals surface area contributed by atoms with Crippen molar-refractivity contribution in [2.75, 3.05) is 13.1 Å². The summed E-state index contributed by atoms with van der Waals surface area (Å²) in [6, 6.07) is 5.96. The van der Waals surface area contributed by atoms with Gasteiger partial charge in [-0.25, -0.2) is 0 Å². The van der Waals surface area contributed by atoms with E-state index in [1.165, 1.54) is 0 Å². The van der Waals surface area contributed by atoms with Gasteiger partial charge in [-0.15, -0.1) is 23.7 Å². The third-order valence-electron chi connectivity index (χ3n) is 4.18. The van der Waals surface area contributed by atoms with Crippen molar-refractivity contribution in [1.82, 2.24) is 15.1 Å². The molecular formula is C15H21ClN4OS. The van der Waals surface area contributed by atoms with Crippen molar-refractivity contribution in [2.24, 2.45) is 11.1 Å². The Morgan fingerprint density at radius 3 is 2.95 bits per heavy atom. The smallest absolute Gasteiger partial charge is 0.274 e. The van der Waals surface area contributed by atoms with Gasteiger partial charge in [-0.05, 0) is 29.3 Å². The third-order valence-corrected chi connectivity index (χ3v) is 5.09. The first-order chi connectivity index (χ1) is 9.97. The highest BCUT2D eigenvalue weighted by atomic mass is 35.5. The number of piperidine rings is 1. The number of thiophene rings is 1. The second-order valence-electron chi connectivity index (χ2n) is 6.25. The van der Waals surface area contributed by atoms with E-state index in [2.05, 4.69) is 24.0 Å². The SMILES string of the molecule is CC1(C)CN(C(=O)c2cc(-c3cccs3)[nH]n2)CCC1N.Cl. The lowest BCUT2D eigenvalue weighted by atomic mass is 9.79. The van der Waals surface area contributed by atoms with Crippen molar-refractivity contribution in [3.63, 3.8) is 0 Å². The van der Waals surface area contributed by atoms with Crippen LogP contribution in [0.5, 0.6) is 0 Å². The van der Waals surface area contributed by atoms with Crippen LogP contribution in [0.2, 0.25) is 0 Å². The van der Waals surface area contributed by atoms with E-state index in [9.17, 15) is 4.79 Å². The minimum absolute atomic E-state index is 0. The van der Waals surface area contributed by atoms with Crippen LogP contribution in [0.3, 0.4) is 0 Å². The quantitative estimate of drug-likeness (QED) is 0.882. The van der Waals surface area contributed by atoms with Crippen LogP contribution in [0.4, 0.5) is 0 Å². The molecule has 22 heavy (non-hydrogen) atoms. The van der Waals surface area contributed by atoms with Crippen LogP contribution in [-0.2, 0) is 0 Å². The van der Waals surface area contributed by atoms with Crippen LogP contribution in [0, 0.1) is 5.41 Å². The minimum atomic E-state index is -0.0548. The van der Waals surface area contributed by atoms with Crippen LogP contribution in [0.15, 0.2) is 23.6 Å². The average Bonchev–Trinajstić information content (AvgIpc) is 3.10. The molecule has 1 aliphatic heterocycles. The number of amides is 1. The maximum absolute atomic E-state index is 12.6. The molecule has 120 valence electrons. The molecule has 1 atom stereocenters. The molecule has 1 fully saturated rings. The second kappa shape index (κ2) is 6.40. The Balaban J connectivity index is 0.00000176. The van der Waals surface area contributed by atoms with E-state index in [1.807, 2.05) is 28.5 Å². The van der Waals surface area contributed by atoms with Crippen LogP contribution >= 0.6 is 23.7 Å². The summed E-state index contributed by atoms with van der Waals surface area (Å²) in [7, 11) is 0. The molecule has 0 spiro atoms. The van der Waals surface area contributed by atoms with E-state index in [0.29, 0.717) is 18.8 Å². The zero-order valence-electron chi connectivity index (χ0n) is 12.7. The van der Waals surface area contributed by atoms with Gasteiger partial charge in [0.1, 0.15) is 0 Å². The molecule has 7 heteroatoms. The number of carbonyl (C=O) groups is 1. The Bertz CT molecular complexity index is 638. The normalized spacial score (nSPS) is 20.5. The zero-order chi connectivity index (χ0) is 15.0. The number of hydrogen-bond donors (Lipinski definition) is 2. The summed E-state index contributed by atoms with van der Waals surface area (Å²) in [5.41, 5.74) is 7.44. The van der Waals surface area contributed by atoms with Crippen LogP contribution < -0.4 is 5.73 Å². The van der Waals surface area contributed by atoms with Crippen molar-refractivity contribution < 1.29 is 4.79 Å². The molecule has 0 saturated carbocycles. The summed E-state index contributed by atoms with van der Waals surface area (Å²) >= 11 is 1.62. The highest BCUT2D eigenvalue weighted by Crippen LogP contribution is 2.29. The van der Waals surface area contributed by atoms with E-state index in [0.717, 1.165) is 17.0 Å². The molecule has 1 saturated heterocycles. The number of nitrogens with one attached hydrogen (secondary N) is 1. The molecule has 3 rings (SSSR count). The molecule has 2 aromatic heterocycles. The van der Waals surface area contributed by atoms with Gasteiger partial charge in [0, 0.05) is 19.1 Å². The predicted molar refractivity (Wildman–Crippen MR) is 91.4 cm³/mol. The fourth-order valence-corrected chi connectivity index (χ4v) is 3.39. The first-order valence-corrected chi connectivity index (χ1v) is 7.99. The van der Waals surface area contributed by atoms with E-state index < -0.39 is 0 Å². The number of likely N-dealkylation sites (tertiary alicyclic amines) is 1. The molecule has 5 nitrogen and oxygen atoms in total. The molecule has 2 aromatic rings. The Hall–Kier alpha value is -1.37. The first kappa shape index (κ1) is 17.0. The average molecular weight is 341 g/mol. The van der Waals surface area contributed by atoms with Gasteiger partial charge in [-0.2, -0.15) is 5.10 Å². The van der Waals surface area contributed by atoms with Gasteiger partial charge in [0.05, 0.1) is 10.6 Å². The van der Waals surface area contributed by atoms with Gasteiger partial charge < -0.3 is 10.6 Å². The van der Waals surface area contributed by atoms with E-state index in [-0.39, 0.29) is 29.8 Å². The number of hydrogen-bond acceptors (Lipinski definition) is 4. The van der Waals surface area contributed by atoms with Gasteiger partial charge in [-0.3, -0.25) is 9.89 Å². The molecule has 3 heterocycles. The number of nitrogens with zero attached hydrogens (tertiary/aromatic N) is 2. The molecule has 1 unspecified atom stereocenters. The van der Waals surface area contributed by atoms with Crippen molar-refractivity contribution in [2.45, 2.75) is 26.3 Å². The van der Waals surface area contributed by atoms with Crippen molar-refractivity contribution in [3.8, 4) is 10.6 Å². The topological polar surface area (TPSA) is 75.0 Å². The maximum Gasteiger partial charge on any atom is 0.274 e. The number of nitrogens with two attached hydrogens (primary N) is 1. The Morgan fingerprint density at radius 2 is 2.32 bits per heavy atom. The summed E-state index contributed by atoms with van der Waals surface area (Å²) in [5, 5.41) is 9.13. The van der Waals surface area contributed by atoms with Crippen molar-refractivity contribution in [1.29, 1.82) is 0 Å². The van der Waals surface area contributed by atoms with Crippen molar-refractivity contribution in [3.05, 3.63) is 29.3 Å². The van der Waals surface area contributed by atoms with E-state index in [4.69, 9.17) is 5.73 Å². The van der Waals surface area contributed by atoms with E-state index >= 15 is 0 Å². The number of H-pyrrole nitrogens is 1. The van der Waals surface area contributed by atoms with Crippen LogP contribution in [0.25, 0.3) is 10.6 Å². The number of aromatic amines is 1. The van der Waals surface area contributed by atoms with Gasteiger partial charge in [0.15, 0.2) is 5.69 Å². The lowest BCUT2D eigenvalue weighted by molar-refractivity contribution is 0.0527. The van der Waals surface area contributed by atoms with Gasteiger partial charge >= 0.3 is 0 Å². The number of carbonyl (C=O) groups excluding carboxylic acids is 1. The molecular weight excluding hydrogens is 320 g/mol. The second-order valence-corrected chi connectivity index (χ2v) is 7.20. The number of halogens is 1. The predicted octanol–water partition coefficient (Wildman–Crippen LogP) is 2.76. The maximum atomic E-state index is 12.6. The standard InChI is InChI=1S/C15H20N4OS.ClH/c1-15(2)9-19(6-5-13(15)16)14(20)11-8-10(17-18-11)12-4-3-7-21-12;/h3-4,7-8,13H,5-6,9,16H2,1-2H3,(H,17,18);1H. The van der Waals surface area contributed by atoms with Gasteiger partial charge in [-0.1, -0.05) is 19.9 Å². The summed E-state index contributed by atoms with van der Waals surface area (Å²) < 4.78 is 0. The first-order valence-electron chi connectivity index (χ1n) is 7.11. The Kier molecular flexibility index (Phi) is 4.94. The molecule has 1 amide bonds. The molecule has 0 radical (unpaired) electrons. The summed E-state index contributed by atoms with van der Waals surface area (Å²) in [4.78, 5) is 15.5. The third kappa shape index (κ3) is 3.19. The van der Waals surface area contributed by atoms with Gasteiger partial charge in [0.2, 0.25) is 0 Å². The summed E-state index contributed by atoms with van der Waals surface area (Å²) in [6.45, 7) is 5.59. The lowest BCUT2D eigenvalue weighted by Crippen LogP contribution is -2.54. The highest BCUT2D eigenvalue weighted by Gasteiger charge is 2.36. The fraction of sp³-hybridized carbons (Fsp3) is 0.467. The highest BCUT2D eigenvalue weighted by molar-refractivity contribution is 7.13. The molecule has 3 N–H and O–H groups in total. The number of rotatable bonds is 2. The lowest BCUT2D eigenvalue weighted by Gasteiger charge is -2.42. The Morgan fingerprint density at radius 1 is 1.55 bits per heavy atom. The molecule has 0 aliphatic carbocycles. The summed E-state index contributed by atoms with van der Waals surface area (Å²) in [5.74, 6) is -0.0194.